The second kappa shape index (κ2) is 10.0. The molecule has 0 aliphatic carbocycles. The minimum atomic E-state index is -0.222. The summed E-state index contributed by atoms with van der Waals surface area (Å²) in [5.41, 5.74) is 2.50. The third kappa shape index (κ3) is 5.32. The van der Waals surface area contributed by atoms with Gasteiger partial charge in [-0.05, 0) is 42.8 Å². The number of hydrogen-bond acceptors (Lipinski definition) is 8. The van der Waals surface area contributed by atoms with Crippen LogP contribution in [0.5, 0.6) is 5.75 Å². The van der Waals surface area contributed by atoms with E-state index in [4.69, 9.17) is 4.74 Å². The maximum atomic E-state index is 12.4. The number of amides is 2. The summed E-state index contributed by atoms with van der Waals surface area (Å²) < 4.78 is 7.89. The molecular weight excluding hydrogens is 460 g/mol. The van der Waals surface area contributed by atoms with E-state index in [0.717, 1.165) is 15.8 Å². The minimum absolute atomic E-state index is 0.166. The number of nitrogens with one attached hydrogen (secondary N) is 2. The number of thiazole rings is 1. The van der Waals surface area contributed by atoms with Crippen molar-refractivity contribution < 1.29 is 14.3 Å². The number of fused-ring (bicyclic) bond motifs is 1. The Balaban J connectivity index is 1.30. The number of aryl methyl sites for hydroxylation is 1. The molecule has 2 aromatic carbocycles. The summed E-state index contributed by atoms with van der Waals surface area (Å²) in [6.45, 7) is 2.21. The van der Waals surface area contributed by atoms with E-state index >= 15 is 0 Å². The molecule has 0 saturated carbocycles. The molecule has 11 heteroatoms. The third-order valence-electron chi connectivity index (χ3n) is 4.88. The largest absolute Gasteiger partial charge is 0.497 e. The maximum absolute atomic E-state index is 12.4. The molecule has 0 unspecified atom stereocenters. The first-order valence-corrected chi connectivity index (χ1v) is 11.8. The topological polar surface area (TPSA) is 111 Å². The molecule has 0 aliphatic rings. The number of para-hydroxylation sites is 1. The smallest absolute Gasteiger partial charge is 0.251 e. The SMILES string of the molecule is COc1ccc(C(=O)NCc2nnc(SCC(=O)Nc3nc4c(C)cccc4s3)n2C)cc1. The Kier molecular flexibility index (Phi) is 6.90. The van der Waals surface area contributed by atoms with Gasteiger partial charge in [-0.3, -0.25) is 9.59 Å². The van der Waals surface area contributed by atoms with E-state index in [0.29, 0.717) is 27.4 Å². The fraction of sp³-hybridized carbons (Fsp3) is 0.227. The molecule has 9 nitrogen and oxygen atoms in total. The van der Waals surface area contributed by atoms with Crippen LogP contribution in [-0.4, -0.2) is 44.4 Å². The molecular formula is C22H22N6O3S2. The number of hydrogen-bond donors (Lipinski definition) is 2. The van der Waals surface area contributed by atoms with Gasteiger partial charge < -0.3 is 19.9 Å². The number of carbonyl (C=O) groups is 2. The lowest BCUT2D eigenvalue weighted by molar-refractivity contribution is -0.113. The fourth-order valence-corrected chi connectivity index (χ4v) is 4.74. The standard InChI is InChI=1S/C22H22N6O3S2/c1-13-5-4-6-16-19(13)25-21(33-16)24-18(29)12-32-22-27-26-17(28(22)2)11-23-20(30)14-7-9-15(31-3)10-8-14/h4-10H,11-12H2,1-3H3,(H,23,30)(H,24,25,29). The zero-order valence-corrected chi connectivity index (χ0v) is 19.9. The summed E-state index contributed by atoms with van der Waals surface area (Å²) in [7, 11) is 3.37. The molecule has 2 aromatic heterocycles. The van der Waals surface area contributed by atoms with Crippen molar-refractivity contribution >= 4 is 50.3 Å². The molecule has 2 heterocycles. The molecule has 0 aliphatic heterocycles. The number of ether oxygens (including phenoxy) is 1. The van der Waals surface area contributed by atoms with Crippen molar-refractivity contribution in [3.8, 4) is 5.75 Å². The van der Waals surface area contributed by atoms with Gasteiger partial charge in [0.05, 0.1) is 29.6 Å². The van der Waals surface area contributed by atoms with Crippen LogP contribution in [0.2, 0.25) is 0 Å². The van der Waals surface area contributed by atoms with Crippen molar-refractivity contribution in [1.29, 1.82) is 0 Å². The molecule has 4 aromatic rings. The first-order valence-electron chi connectivity index (χ1n) is 10.0. The molecule has 0 bridgehead atoms. The van der Waals surface area contributed by atoms with Crippen molar-refractivity contribution in [1.82, 2.24) is 25.1 Å². The first-order chi connectivity index (χ1) is 15.9. The number of benzene rings is 2. The lowest BCUT2D eigenvalue weighted by Gasteiger charge is -2.07. The van der Waals surface area contributed by atoms with Crippen LogP contribution in [0.4, 0.5) is 5.13 Å². The van der Waals surface area contributed by atoms with Crippen LogP contribution < -0.4 is 15.4 Å². The monoisotopic (exact) mass is 482 g/mol. The number of carbonyl (C=O) groups excluding carboxylic acids is 2. The number of anilines is 1. The van der Waals surface area contributed by atoms with Gasteiger partial charge in [0.1, 0.15) is 5.75 Å². The molecule has 0 fully saturated rings. The minimum Gasteiger partial charge on any atom is -0.497 e. The molecule has 0 spiro atoms. The highest BCUT2D eigenvalue weighted by Gasteiger charge is 2.14. The Labute approximate surface area is 198 Å². The molecule has 33 heavy (non-hydrogen) atoms. The van der Waals surface area contributed by atoms with E-state index in [1.807, 2.05) is 25.1 Å². The van der Waals surface area contributed by atoms with E-state index in [1.54, 1.807) is 43.0 Å². The first kappa shape index (κ1) is 22.7. The van der Waals surface area contributed by atoms with Crippen molar-refractivity contribution in [3.05, 3.63) is 59.4 Å². The zero-order valence-electron chi connectivity index (χ0n) is 18.3. The number of rotatable bonds is 8. The highest BCUT2D eigenvalue weighted by molar-refractivity contribution is 7.99. The lowest BCUT2D eigenvalue weighted by atomic mass is 10.2. The second-order valence-corrected chi connectivity index (χ2v) is 9.12. The van der Waals surface area contributed by atoms with Gasteiger partial charge in [0, 0.05) is 12.6 Å². The van der Waals surface area contributed by atoms with Crippen molar-refractivity contribution in [2.24, 2.45) is 7.05 Å². The highest BCUT2D eigenvalue weighted by atomic mass is 32.2. The van der Waals surface area contributed by atoms with Crippen LogP contribution in [0.15, 0.2) is 47.6 Å². The van der Waals surface area contributed by atoms with Gasteiger partial charge in [-0.15, -0.1) is 10.2 Å². The molecule has 4 rings (SSSR count). The molecule has 2 amide bonds. The van der Waals surface area contributed by atoms with E-state index < -0.39 is 0 Å². The number of methoxy groups -OCH3 is 1. The Morgan fingerprint density at radius 1 is 1.15 bits per heavy atom. The summed E-state index contributed by atoms with van der Waals surface area (Å²) in [4.78, 5) is 29.2. The van der Waals surface area contributed by atoms with Gasteiger partial charge >= 0.3 is 0 Å². The van der Waals surface area contributed by atoms with Crippen LogP contribution in [0.25, 0.3) is 10.2 Å². The Morgan fingerprint density at radius 2 is 1.94 bits per heavy atom. The zero-order chi connectivity index (χ0) is 23.4. The summed E-state index contributed by atoms with van der Waals surface area (Å²) in [5, 5.41) is 15.1. The predicted octanol–water partition coefficient (Wildman–Crippen LogP) is 3.40. The predicted molar refractivity (Wildman–Crippen MR) is 129 cm³/mol. The van der Waals surface area contributed by atoms with Gasteiger partial charge in [-0.1, -0.05) is 35.2 Å². The number of thioether (sulfide) groups is 1. The third-order valence-corrected chi connectivity index (χ3v) is 6.84. The summed E-state index contributed by atoms with van der Waals surface area (Å²) >= 11 is 2.71. The fourth-order valence-electron chi connectivity index (χ4n) is 3.05. The molecule has 170 valence electrons. The molecule has 0 atom stereocenters. The van der Waals surface area contributed by atoms with Gasteiger partial charge in [0.2, 0.25) is 5.91 Å². The average Bonchev–Trinajstić information content (AvgIpc) is 3.39. The van der Waals surface area contributed by atoms with E-state index in [1.165, 1.54) is 23.1 Å². The molecule has 0 saturated heterocycles. The average molecular weight is 483 g/mol. The molecule has 0 radical (unpaired) electrons. The van der Waals surface area contributed by atoms with Crippen LogP contribution in [0.3, 0.4) is 0 Å². The van der Waals surface area contributed by atoms with Crippen LogP contribution in [0, 0.1) is 6.92 Å². The summed E-state index contributed by atoms with van der Waals surface area (Å²) in [6.07, 6.45) is 0. The van der Waals surface area contributed by atoms with Crippen LogP contribution in [0.1, 0.15) is 21.7 Å². The van der Waals surface area contributed by atoms with E-state index in [-0.39, 0.29) is 24.1 Å². The number of aromatic nitrogens is 4. The summed E-state index contributed by atoms with van der Waals surface area (Å²) in [5.74, 6) is 1.04. The quantitative estimate of drug-likeness (QED) is 0.370. The van der Waals surface area contributed by atoms with Crippen molar-refractivity contribution in [2.45, 2.75) is 18.6 Å². The van der Waals surface area contributed by atoms with Gasteiger partial charge in [0.25, 0.3) is 5.91 Å². The van der Waals surface area contributed by atoms with E-state index in [9.17, 15) is 9.59 Å². The Hall–Kier alpha value is -3.44. The van der Waals surface area contributed by atoms with E-state index in [2.05, 4.69) is 25.8 Å². The lowest BCUT2D eigenvalue weighted by Crippen LogP contribution is -2.24. The second-order valence-electron chi connectivity index (χ2n) is 7.15. The van der Waals surface area contributed by atoms with Crippen molar-refractivity contribution in [2.75, 3.05) is 18.2 Å². The molecule has 2 N–H and O–H groups in total. The highest BCUT2D eigenvalue weighted by Crippen LogP contribution is 2.28. The normalized spacial score (nSPS) is 10.9. The van der Waals surface area contributed by atoms with Crippen LogP contribution in [-0.2, 0) is 18.4 Å². The van der Waals surface area contributed by atoms with Gasteiger partial charge in [-0.25, -0.2) is 4.98 Å². The van der Waals surface area contributed by atoms with Crippen molar-refractivity contribution in [3.63, 3.8) is 0 Å². The Morgan fingerprint density at radius 3 is 2.67 bits per heavy atom. The van der Waals surface area contributed by atoms with Gasteiger partial charge in [-0.2, -0.15) is 0 Å². The Bertz CT molecular complexity index is 1300. The van der Waals surface area contributed by atoms with Gasteiger partial charge in [0.15, 0.2) is 16.1 Å². The maximum Gasteiger partial charge on any atom is 0.251 e. The number of nitrogens with zero attached hydrogens (tertiary/aromatic N) is 4. The summed E-state index contributed by atoms with van der Waals surface area (Å²) in [6, 6.07) is 12.8. The van der Waals surface area contributed by atoms with Crippen LogP contribution >= 0.6 is 23.1 Å².